The number of benzene rings is 1. The number of aromatic nitrogens is 2. The number of carbonyl (C=O) groups excluding carboxylic acids is 1. The van der Waals surface area contributed by atoms with E-state index in [9.17, 15) is 4.79 Å². The molecule has 1 amide bonds. The largest absolute Gasteiger partial charge is 0.348 e. The molecule has 8 heteroatoms. The number of nitrogens with one attached hydrogen (secondary N) is 3. The van der Waals surface area contributed by atoms with Gasteiger partial charge in [-0.1, -0.05) is 11.3 Å². The average molecular weight is 364 g/mol. The van der Waals surface area contributed by atoms with Crippen LogP contribution in [0.25, 0.3) is 10.2 Å². The maximum absolute atomic E-state index is 12.4. The fourth-order valence-electron chi connectivity index (χ4n) is 2.84. The van der Waals surface area contributed by atoms with Crippen LogP contribution in [-0.2, 0) is 0 Å². The number of nitrogens with zero attached hydrogens (tertiary/aromatic N) is 3. The van der Waals surface area contributed by atoms with E-state index >= 15 is 0 Å². The summed E-state index contributed by atoms with van der Waals surface area (Å²) in [6.07, 6.45) is 2.55. The topological polar surface area (TPSA) is 103 Å². The summed E-state index contributed by atoms with van der Waals surface area (Å²) in [7, 11) is 0. The maximum atomic E-state index is 12.4. The molecular formula is C18H16N6OS. The van der Waals surface area contributed by atoms with E-state index < -0.39 is 0 Å². The van der Waals surface area contributed by atoms with E-state index in [4.69, 9.17) is 5.26 Å². The molecule has 1 aliphatic heterocycles. The zero-order valence-corrected chi connectivity index (χ0v) is 14.6. The van der Waals surface area contributed by atoms with Crippen molar-refractivity contribution in [1.82, 2.24) is 20.6 Å². The minimum Gasteiger partial charge on any atom is -0.348 e. The predicted molar refractivity (Wildman–Crippen MR) is 101 cm³/mol. The zero-order chi connectivity index (χ0) is 17.9. The molecule has 130 valence electrons. The van der Waals surface area contributed by atoms with Crippen LogP contribution in [-0.4, -0.2) is 35.0 Å². The molecular weight excluding hydrogens is 348 g/mol. The van der Waals surface area contributed by atoms with Gasteiger partial charge in [0.25, 0.3) is 5.91 Å². The van der Waals surface area contributed by atoms with Crippen LogP contribution in [0, 0.1) is 11.3 Å². The fourth-order valence-corrected chi connectivity index (χ4v) is 3.76. The smallest absolute Gasteiger partial charge is 0.251 e. The van der Waals surface area contributed by atoms with Gasteiger partial charge < -0.3 is 16.0 Å². The number of hydrogen-bond acceptors (Lipinski definition) is 7. The standard InChI is InChI=1S/C18H16N6OS/c19-9-11-1-2-14-15(7-11)26-18(23-14)24-16-8-12(3-6-21-16)17(25)22-13-4-5-20-10-13/h1-3,6-8,13,20H,4-5,10H2,(H,22,25)(H,21,23,24)/t13-/m0/s1. The van der Waals surface area contributed by atoms with Crippen molar-refractivity contribution in [1.29, 1.82) is 5.26 Å². The summed E-state index contributed by atoms with van der Waals surface area (Å²) in [4.78, 5) is 21.1. The molecule has 26 heavy (non-hydrogen) atoms. The lowest BCUT2D eigenvalue weighted by molar-refractivity contribution is 0.0940. The SMILES string of the molecule is N#Cc1ccc2nc(Nc3cc(C(=O)N[C@H]4CCNC4)ccn3)sc2c1. The average Bonchev–Trinajstić information content (AvgIpc) is 3.30. The second-order valence-electron chi connectivity index (χ2n) is 6.03. The Morgan fingerprint density at radius 2 is 2.27 bits per heavy atom. The number of nitriles is 1. The van der Waals surface area contributed by atoms with Crippen molar-refractivity contribution in [3.8, 4) is 6.07 Å². The van der Waals surface area contributed by atoms with E-state index in [2.05, 4.69) is 32.0 Å². The number of carbonyl (C=O) groups is 1. The van der Waals surface area contributed by atoms with Crippen molar-refractivity contribution >= 4 is 38.4 Å². The van der Waals surface area contributed by atoms with E-state index in [-0.39, 0.29) is 11.9 Å². The molecule has 3 heterocycles. The van der Waals surface area contributed by atoms with E-state index in [1.54, 1.807) is 24.4 Å². The van der Waals surface area contributed by atoms with Crippen molar-refractivity contribution in [2.45, 2.75) is 12.5 Å². The predicted octanol–water partition coefficient (Wildman–Crippen LogP) is 2.40. The lowest BCUT2D eigenvalue weighted by Crippen LogP contribution is -2.36. The second-order valence-corrected chi connectivity index (χ2v) is 7.06. The number of rotatable bonds is 4. The second kappa shape index (κ2) is 7.07. The van der Waals surface area contributed by atoms with Crippen LogP contribution in [0.5, 0.6) is 0 Å². The van der Waals surface area contributed by atoms with Crippen molar-refractivity contribution in [2.75, 3.05) is 18.4 Å². The molecule has 1 fully saturated rings. The molecule has 4 rings (SSSR count). The lowest BCUT2D eigenvalue weighted by atomic mass is 10.2. The van der Waals surface area contributed by atoms with E-state index in [1.165, 1.54) is 11.3 Å². The van der Waals surface area contributed by atoms with Gasteiger partial charge in [-0.3, -0.25) is 4.79 Å². The molecule has 3 aromatic rings. The van der Waals surface area contributed by atoms with Crippen molar-refractivity contribution < 1.29 is 4.79 Å². The minimum absolute atomic E-state index is 0.105. The van der Waals surface area contributed by atoms with Gasteiger partial charge in [-0.15, -0.1) is 0 Å². The highest BCUT2D eigenvalue weighted by Crippen LogP contribution is 2.28. The molecule has 0 radical (unpaired) electrons. The normalized spacial score (nSPS) is 16.3. The third-order valence-electron chi connectivity index (χ3n) is 4.17. The van der Waals surface area contributed by atoms with E-state index in [1.807, 2.05) is 12.1 Å². The monoisotopic (exact) mass is 364 g/mol. The molecule has 0 aliphatic carbocycles. The first-order valence-electron chi connectivity index (χ1n) is 8.26. The van der Waals surface area contributed by atoms with Crippen LogP contribution < -0.4 is 16.0 Å². The molecule has 0 bridgehead atoms. The first-order valence-corrected chi connectivity index (χ1v) is 9.08. The first kappa shape index (κ1) is 16.4. The number of hydrogen-bond donors (Lipinski definition) is 3. The molecule has 3 N–H and O–H groups in total. The van der Waals surface area contributed by atoms with Gasteiger partial charge >= 0.3 is 0 Å². The van der Waals surface area contributed by atoms with Crippen LogP contribution in [0.15, 0.2) is 36.5 Å². The van der Waals surface area contributed by atoms with Gasteiger partial charge in [0.15, 0.2) is 5.13 Å². The van der Waals surface area contributed by atoms with Gasteiger partial charge in [-0.05, 0) is 43.3 Å². The number of fused-ring (bicyclic) bond motifs is 1. The Morgan fingerprint density at radius 3 is 3.08 bits per heavy atom. The third-order valence-corrected chi connectivity index (χ3v) is 5.10. The summed E-state index contributed by atoms with van der Waals surface area (Å²) >= 11 is 1.44. The van der Waals surface area contributed by atoms with Gasteiger partial charge in [-0.2, -0.15) is 5.26 Å². The summed E-state index contributed by atoms with van der Waals surface area (Å²) in [5.41, 5.74) is 1.98. The number of amides is 1. The number of pyridine rings is 1. The van der Waals surface area contributed by atoms with Crippen molar-refractivity contribution in [3.63, 3.8) is 0 Å². The van der Waals surface area contributed by atoms with Crippen LogP contribution in [0.3, 0.4) is 0 Å². The quantitative estimate of drug-likeness (QED) is 0.657. The van der Waals surface area contributed by atoms with Gasteiger partial charge in [0.05, 0.1) is 21.8 Å². The van der Waals surface area contributed by atoms with Crippen LogP contribution in [0.2, 0.25) is 0 Å². The maximum Gasteiger partial charge on any atom is 0.251 e. The highest BCUT2D eigenvalue weighted by atomic mass is 32.1. The highest BCUT2D eigenvalue weighted by molar-refractivity contribution is 7.22. The Kier molecular flexibility index (Phi) is 4.48. The molecule has 0 spiro atoms. The van der Waals surface area contributed by atoms with Gasteiger partial charge in [0.2, 0.25) is 0 Å². The molecule has 1 saturated heterocycles. The summed E-state index contributed by atoms with van der Waals surface area (Å²) < 4.78 is 0.925. The Balaban J connectivity index is 1.51. The van der Waals surface area contributed by atoms with E-state index in [0.29, 0.717) is 22.1 Å². The van der Waals surface area contributed by atoms with Crippen LogP contribution >= 0.6 is 11.3 Å². The Morgan fingerprint density at radius 1 is 1.35 bits per heavy atom. The summed E-state index contributed by atoms with van der Waals surface area (Å²) in [6.45, 7) is 1.73. The molecule has 0 unspecified atom stereocenters. The molecule has 1 atom stereocenters. The Bertz CT molecular complexity index is 1000. The van der Waals surface area contributed by atoms with E-state index in [0.717, 1.165) is 29.7 Å². The Labute approximate surface area is 154 Å². The van der Waals surface area contributed by atoms with Crippen molar-refractivity contribution in [2.24, 2.45) is 0 Å². The highest BCUT2D eigenvalue weighted by Gasteiger charge is 2.18. The fraction of sp³-hybridized carbons (Fsp3) is 0.222. The van der Waals surface area contributed by atoms with Crippen molar-refractivity contribution in [3.05, 3.63) is 47.7 Å². The molecule has 1 aliphatic rings. The minimum atomic E-state index is -0.105. The van der Waals surface area contributed by atoms with Crippen LogP contribution in [0.1, 0.15) is 22.3 Å². The van der Waals surface area contributed by atoms with Crippen LogP contribution in [0.4, 0.5) is 10.9 Å². The number of anilines is 2. The molecule has 0 saturated carbocycles. The van der Waals surface area contributed by atoms with Gasteiger partial charge in [0, 0.05) is 24.3 Å². The molecule has 2 aromatic heterocycles. The molecule has 1 aromatic carbocycles. The zero-order valence-electron chi connectivity index (χ0n) is 13.8. The summed E-state index contributed by atoms with van der Waals surface area (Å²) in [5, 5.41) is 19.0. The Hall–Kier alpha value is -3.02. The van der Waals surface area contributed by atoms with Gasteiger partial charge in [0.1, 0.15) is 5.82 Å². The first-order chi connectivity index (χ1) is 12.7. The summed E-state index contributed by atoms with van der Waals surface area (Å²) in [5.74, 6) is 0.453. The van der Waals surface area contributed by atoms with Gasteiger partial charge in [-0.25, -0.2) is 9.97 Å². The summed E-state index contributed by atoms with van der Waals surface area (Å²) in [6, 6.07) is 11.1. The number of thiazole rings is 1. The molecule has 7 nitrogen and oxygen atoms in total. The lowest BCUT2D eigenvalue weighted by Gasteiger charge is -2.11. The third kappa shape index (κ3) is 3.49.